The van der Waals surface area contributed by atoms with Crippen molar-refractivity contribution in [3.8, 4) is 11.3 Å². The van der Waals surface area contributed by atoms with Crippen LogP contribution in [-0.4, -0.2) is 70.5 Å². The van der Waals surface area contributed by atoms with Gasteiger partial charge in [-0.2, -0.15) is 0 Å². The van der Waals surface area contributed by atoms with E-state index in [0.717, 1.165) is 62.6 Å². The van der Waals surface area contributed by atoms with Gasteiger partial charge in [0.05, 0.1) is 16.9 Å². The summed E-state index contributed by atoms with van der Waals surface area (Å²) >= 11 is 6.47. The van der Waals surface area contributed by atoms with E-state index in [1.807, 2.05) is 23.1 Å². The molecule has 9 heteroatoms. The first-order valence-electron chi connectivity index (χ1n) is 13.6. The molecule has 0 bridgehead atoms. The molecule has 8 nitrogen and oxygen atoms in total. The van der Waals surface area contributed by atoms with Crippen LogP contribution in [0.25, 0.3) is 11.3 Å². The molecule has 3 aliphatic heterocycles. The van der Waals surface area contributed by atoms with Crippen molar-refractivity contribution in [2.24, 2.45) is 11.8 Å². The summed E-state index contributed by atoms with van der Waals surface area (Å²) in [7, 11) is 0. The standard InChI is InChI=1S/C28H34ClN5O3/c29-24-14-30-28(31-22-8-11-37-12-9-22)32-26(24)19-5-6-21-16-34(27(36)23(21)13-19)17-25(35)33-10-7-18-3-1-2-4-20(18)15-33/h5-6,13-14,18,20,22H,1-4,7-12,15-17H2,(H,30,31,32)/t18-,20-/m1/s1. The minimum Gasteiger partial charge on any atom is -0.381 e. The van der Waals surface area contributed by atoms with Gasteiger partial charge in [0.25, 0.3) is 5.91 Å². The first-order valence-corrected chi connectivity index (χ1v) is 14.0. The number of benzene rings is 1. The number of carbonyl (C=O) groups excluding carboxylic acids is 2. The number of amides is 2. The van der Waals surface area contributed by atoms with Gasteiger partial charge < -0.3 is 19.9 Å². The summed E-state index contributed by atoms with van der Waals surface area (Å²) in [5.74, 6) is 1.88. The first kappa shape index (κ1) is 24.6. The van der Waals surface area contributed by atoms with Crippen LogP contribution in [0.4, 0.5) is 5.95 Å². The van der Waals surface area contributed by atoms with Gasteiger partial charge in [-0.1, -0.05) is 43.0 Å². The number of hydrogen-bond acceptors (Lipinski definition) is 6. The summed E-state index contributed by atoms with van der Waals surface area (Å²) in [6.07, 6.45) is 9.63. The van der Waals surface area contributed by atoms with E-state index in [1.54, 1.807) is 11.1 Å². The molecule has 1 saturated carbocycles. The molecule has 2 amide bonds. The van der Waals surface area contributed by atoms with E-state index >= 15 is 0 Å². The number of carbonyl (C=O) groups is 2. The third-order valence-corrected chi connectivity index (χ3v) is 8.81. The molecule has 0 spiro atoms. The number of ether oxygens (including phenoxy) is 1. The van der Waals surface area contributed by atoms with E-state index in [0.29, 0.717) is 34.7 Å². The highest BCUT2D eigenvalue weighted by Crippen LogP contribution is 2.36. The monoisotopic (exact) mass is 523 g/mol. The highest BCUT2D eigenvalue weighted by atomic mass is 35.5. The SMILES string of the molecule is O=C(CN1Cc2ccc(-c3nc(NC4CCOCC4)ncc3Cl)cc2C1=O)N1CC[C@H]2CCCC[C@@H]2C1. The van der Waals surface area contributed by atoms with Crippen molar-refractivity contribution in [3.63, 3.8) is 0 Å². The lowest BCUT2D eigenvalue weighted by molar-refractivity contribution is -0.135. The third kappa shape index (κ3) is 5.18. The number of hydrogen-bond donors (Lipinski definition) is 1. The zero-order valence-electron chi connectivity index (χ0n) is 21.1. The Bertz CT molecular complexity index is 1180. The van der Waals surface area contributed by atoms with Crippen molar-refractivity contribution in [2.45, 2.75) is 57.5 Å². The maximum atomic E-state index is 13.3. The van der Waals surface area contributed by atoms with Gasteiger partial charge in [0, 0.05) is 50.0 Å². The number of halogens is 1. The Morgan fingerprint density at radius 2 is 1.92 bits per heavy atom. The number of fused-ring (bicyclic) bond motifs is 2. The van der Waals surface area contributed by atoms with Crippen LogP contribution >= 0.6 is 11.6 Å². The summed E-state index contributed by atoms with van der Waals surface area (Å²) in [4.78, 5) is 39.1. The number of rotatable bonds is 5. The van der Waals surface area contributed by atoms with Crippen molar-refractivity contribution in [1.82, 2.24) is 19.8 Å². The van der Waals surface area contributed by atoms with E-state index in [9.17, 15) is 9.59 Å². The molecule has 1 aromatic heterocycles. The van der Waals surface area contributed by atoms with Gasteiger partial charge in [-0.3, -0.25) is 9.59 Å². The second-order valence-corrected chi connectivity index (χ2v) is 11.3. The Labute approximate surface area is 222 Å². The second kappa shape index (κ2) is 10.6. The number of nitrogens with one attached hydrogen (secondary N) is 1. The minimum atomic E-state index is -0.108. The van der Waals surface area contributed by atoms with Crippen molar-refractivity contribution in [2.75, 3.05) is 38.2 Å². The van der Waals surface area contributed by atoms with Gasteiger partial charge in [0.1, 0.15) is 6.54 Å². The predicted octanol–water partition coefficient (Wildman–Crippen LogP) is 4.38. The fraction of sp³-hybridized carbons (Fsp3) is 0.571. The quantitative estimate of drug-likeness (QED) is 0.625. The lowest BCUT2D eigenvalue weighted by Crippen LogP contribution is -2.48. The normalized spacial score (nSPS) is 24.1. The Hall–Kier alpha value is -2.71. The lowest BCUT2D eigenvalue weighted by atomic mass is 9.75. The topological polar surface area (TPSA) is 87.7 Å². The molecule has 1 N–H and O–H groups in total. The van der Waals surface area contributed by atoms with Crippen molar-refractivity contribution < 1.29 is 14.3 Å². The Morgan fingerprint density at radius 3 is 2.76 bits per heavy atom. The Kier molecular flexibility index (Phi) is 7.04. The van der Waals surface area contributed by atoms with Gasteiger partial charge >= 0.3 is 0 Å². The summed E-state index contributed by atoms with van der Waals surface area (Å²) in [6.45, 7) is 3.70. The maximum absolute atomic E-state index is 13.3. The lowest BCUT2D eigenvalue weighted by Gasteiger charge is -2.41. The summed E-state index contributed by atoms with van der Waals surface area (Å²) < 4.78 is 5.43. The highest BCUT2D eigenvalue weighted by molar-refractivity contribution is 6.33. The molecule has 6 rings (SSSR count). The second-order valence-electron chi connectivity index (χ2n) is 10.9. The van der Waals surface area contributed by atoms with Gasteiger partial charge in [-0.15, -0.1) is 0 Å². The fourth-order valence-electron chi connectivity index (χ4n) is 6.39. The summed E-state index contributed by atoms with van der Waals surface area (Å²) in [5.41, 5.74) is 2.90. The molecule has 0 unspecified atom stereocenters. The van der Waals surface area contributed by atoms with Gasteiger partial charge in [0.15, 0.2) is 0 Å². The predicted molar refractivity (Wildman–Crippen MR) is 141 cm³/mol. The molecule has 4 heterocycles. The number of aromatic nitrogens is 2. The molecular formula is C28H34ClN5O3. The van der Waals surface area contributed by atoms with E-state index in [1.165, 1.54) is 25.7 Å². The highest BCUT2D eigenvalue weighted by Gasteiger charge is 2.35. The molecule has 2 atom stereocenters. The minimum absolute atomic E-state index is 0.0630. The van der Waals surface area contributed by atoms with E-state index in [2.05, 4.69) is 15.3 Å². The number of anilines is 1. The van der Waals surface area contributed by atoms with Gasteiger partial charge in [0.2, 0.25) is 11.9 Å². The van der Waals surface area contributed by atoms with Crippen LogP contribution in [0.15, 0.2) is 24.4 Å². The molecule has 1 aliphatic carbocycles. The zero-order valence-corrected chi connectivity index (χ0v) is 21.9. The Balaban J connectivity index is 1.14. The van der Waals surface area contributed by atoms with Crippen molar-refractivity contribution in [3.05, 3.63) is 40.5 Å². The average molecular weight is 524 g/mol. The number of piperidine rings is 1. The van der Waals surface area contributed by atoms with Crippen molar-refractivity contribution in [1.29, 1.82) is 0 Å². The number of likely N-dealkylation sites (tertiary alicyclic amines) is 1. The van der Waals surface area contributed by atoms with Crippen LogP contribution in [0, 0.1) is 11.8 Å². The van der Waals surface area contributed by atoms with Gasteiger partial charge in [-0.25, -0.2) is 9.97 Å². The molecule has 196 valence electrons. The first-order chi connectivity index (χ1) is 18.0. The van der Waals surface area contributed by atoms with Crippen LogP contribution < -0.4 is 5.32 Å². The average Bonchev–Trinajstić information content (AvgIpc) is 3.24. The third-order valence-electron chi connectivity index (χ3n) is 8.53. The van der Waals surface area contributed by atoms with Crippen LogP contribution in [0.5, 0.6) is 0 Å². The van der Waals surface area contributed by atoms with E-state index < -0.39 is 0 Å². The molecular weight excluding hydrogens is 490 g/mol. The van der Waals surface area contributed by atoms with E-state index in [4.69, 9.17) is 16.3 Å². The van der Waals surface area contributed by atoms with Crippen LogP contribution in [0.2, 0.25) is 5.02 Å². The van der Waals surface area contributed by atoms with Crippen molar-refractivity contribution >= 4 is 29.4 Å². The molecule has 3 fully saturated rings. The number of nitrogens with zero attached hydrogens (tertiary/aromatic N) is 4. The molecule has 4 aliphatic rings. The zero-order chi connectivity index (χ0) is 25.4. The van der Waals surface area contributed by atoms with E-state index in [-0.39, 0.29) is 24.4 Å². The maximum Gasteiger partial charge on any atom is 0.254 e. The van der Waals surface area contributed by atoms with Crippen LogP contribution in [0.1, 0.15) is 60.9 Å². The molecule has 37 heavy (non-hydrogen) atoms. The smallest absolute Gasteiger partial charge is 0.254 e. The largest absolute Gasteiger partial charge is 0.381 e. The fourth-order valence-corrected chi connectivity index (χ4v) is 6.59. The van der Waals surface area contributed by atoms with Crippen LogP contribution in [0.3, 0.4) is 0 Å². The molecule has 2 saturated heterocycles. The summed E-state index contributed by atoms with van der Waals surface area (Å²) in [5, 5.41) is 3.81. The van der Waals surface area contributed by atoms with Crippen LogP contribution in [-0.2, 0) is 16.1 Å². The Morgan fingerprint density at radius 1 is 1.11 bits per heavy atom. The molecule has 0 radical (unpaired) electrons. The molecule has 1 aromatic carbocycles. The molecule has 2 aromatic rings. The summed E-state index contributed by atoms with van der Waals surface area (Å²) in [6, 6.07) is 6.00. The van der Waals surface area contributed by atoms with Gasteiger partial charge in [-0.05, 0) is 49.1 Å².